The number of ketones is 1. The van der Waals surface area contributed by atoms with Gasteiger partial charge in [-0.1, -0.05) is 49.0 Å². The Labute approximate surface area is 114 Å². The summed E-state index contributed by atoms with van der Waals surface area (Å²) in [6.45, 7) is 5.56. The second kappa shape index (κ2) is 5.37. The molecule has 0 N–H and O–H groups in total. The van der Waals surface area contributed by atoms with Crippen LogP contribution in [0.2, 0.25) is 0 Å². The molecule has 0 aliphatic rings. The number of Topliss-reactive ketones (excluding diaryl/α,β-unsaturated/α-hetero) is 1. The quantitative estimate of drug-likeness (QED) is 0.776. The Morgan fingerprint density at radius 3 is 2.37 bits per heavy atom. The first-order valence-corrected chi connectivity index (χ1v) is 6.36. The molecule has 2 heteroatoms. The predicted molar refractivity (Wildman–Crippen MR) is 80.2 cm³/mol. The van der Waals surface area contributed by atoms with Crippen molar-refractivity contribution in [1.29, 1.82) is 0 Å². The van der Waals surface area contributed by atoms with Crippen LogP contribution in [0.4, 0.5) is 0 Å². The molecule has 1 atom stereocenters. The third-order valence-corrected chi connectivity index (χ3v) is 3.30. The molecule has 2 nitrogen and oxygen atoms in total. The van der Waals surface area contributed by atoms with Gasteiger partial charge in [0.1, 0.15) is 0 Å². The Morgan fingerprint density at radius 2 is 1.74 bits per heavy atom. The van der Waals surface area contributed by atoms with Gasteiger partial charge < -0.3 is 0 Å². The van der Waals surface area contributed by atoms with Crippen LogP contribution >= 0.6 is 0 Å². The summed E-state index contributed by atoms with van der Waals surface area (Å²) in [7, 11) is 3.85. The van der Waals surface area contributed by atoms with E-state index in [9.17, 15) is 4.79 Å². The van der Waals surface area contributed by atoms with E-state index >= 15 is 0 Å². The molecular weight excluding hydrogens is 234 g/mol. The molecule has 2 aromatic carbocycles. The number of rotatable bonds is 4. The van der Waals surface area contributed by atoms with Crippen molar-refractivity contribution in [1.82, 2.24) is 4.90 Å². The fourth-order valence-corrected chi connectivity index (χ4v) is 2.38. The van der Waals surface area contributed by atoms with Crippen LogP contribution in [0.15, 0.2) is 54.6 Å². The average Bonchev–Trinajstić information content (AvgIpc) is 2.38. The predicted octanol–water partition coefficient (Wildman–Crippen LogP) is 3.59. The van der Waals surface area contributed by atoms with Crippen molar-refractivity contribution in [2.75, 3.05) is 14.1 Å². The number of likely N-dealkylation sites (N-methyl/N-ethyl adjacent to an activating group) is 1. The first-order valence-electron chi connectivity index (χ1n) is 6.36. The molecule has 0 aliphatic heterocycles. The lowest BCUT2D eigenvalue weighted by molar-refractivity contribution is -0.119. The molecule has 0 radical (unpaired) electrons. The SMILES string of the molecule is C=C(C)C(=O)C(c1cccc2ccccc12)N(C)C. The first-order chi connectivity index (χ1) is 9.02. The van der Waals surface area contributed by atoms with Crippen LogP contribution in [0.25, 0.3) is 10.8 Å². The molecule has 0 bridgehead atoms. The lowest BCUT2D eigenvalue weighted by Crippen LogP contribution is -2.28. The van der Waals surface area contributed by atoms with Crippen LogP contribution in [0.3, 0.4) is 0 Å². The molecule has 0 saturated carbocycles. The zero-order valence-corrected chi connectivity index (χ0v) is 11.7. The van der Waals surface area contributed by atoms with E-state index in [-0.39, 0.29) is 11.8 Å². The third kappa shape index (κ3) is 2.59. The van der Waals surface area contributed by atoms with E-state index < -0.39 is 0 Å². The van der Waals surface area contributed by atoms with Gasteiger partial charge in [-0.2, -0.15) is 0 Å². The molecule has 0 heterocycles. The Bertz CT molecular complexity index is 623. The van der Waals surface area contributed by atoms with E-state index in [0.29, 0.717) is 5.57 Å². The van der Waals surface area contributed by atoms with Crippen molar-refractivity contribution in [3.63, 3.8) is 0 Å². The van der Waals surface area contributed by atoms with E-state index in [1.54, 1.807) is 6.92 Å². The molecule has 0 fully saturated rings. The minimum Gasteiger partial charge on any atom is -0.296 e. The normalized spacial score (nSPS) is 12.6. The fourth-order valence-electron chi connectivity index (χ4n) is 2.38. The Hall–Kier alpha value is -1.93. The van der Waals surface area contributed by atoms with Crippen molar-refractivity contribution in [2.24, 2.45) is 0 Å². The van der Waals surface area contributed by atoms with Crippen LogP contribution < -0.4 is 0 Å². The fraction of sp³-hybridized carbons (Fsp3) is 0.235. The Morgan fingerprint density at radius 1 is 1.11 bits per heavy atom. The molecule has 0 amide bonds. The summed E-state index contributed by atoms with van der Waals surface area (Å²) in [5.74, 6) is 0.0707. The summed E-state index contributed by atoms with van der Waals surface area (Å²) in [6.07, 6.45) is 0. The van der Waals surface area contributed by atoms with Crippen molar-refractivity contribution in [3.8, 4) is 0 Å². The van der Waals surface area contributed by atoms with Gasteiger partial charge in [0.25, 0.3) is 0 Å². The lowest BCUT2D eigenvalue weighted by atomic mass is 9.93. The maximum Gasteiger partial charge on any atom is 0.179 e. The molecule has 98 valence electrons. The van der Waals surface area contributed by atoms with Gasteiger partial charge in [0, 0.05) is 0 Å². The summed E-state index contributed by atoms with van der Waals surface area (Å²) >= 11 is 0. The van der Waals surface area contributed by atoms with Crippen molar-refractivity contribution < 1.29 is 4.79 Å². The van der Waals surface area contributed by atoms with Gasteiger partial charge in [-0.05, 0) is 42.9 Å². The minimum atomic E-state index is -0.274. The number of hydrogen-bond acceptors (Lipinski definition) is 2. The Kier molecular flexibility index (Phi) is 3.82. The second-order valence-electron chi connectivity index (χ2n) is 5.08. The van der Waals surface area contributed by atoms with Crippen molar-refractivity contribution in [2.45, 2.75) is 13.0 Å². The molecule has 0 saturated heterocycles. The number of fused-ring (bicyclic) bond motifs is 1. The highest BCUT2D eigenvalue weighted by Gasteiger charge is 2.24. The number of hydrogen-bond donors (Lipinski definition) is 0. The standard InChI is InChI=1S/C17H19NO/c1-12(2)17(19)16(18(3)4)15-11-7-9-13-8-5-6-10-14(13)15/h5-11,16H,1H2,2-4H3. The average molecular weight is 253 g/mol. The van der Waals surface area contributed by atoms with Crippen LogP contribution in [0.1, 0.15) is 18.5 Å². The molecule has 19 heavy (non-hydrogen) atoms. The smallest absolute Gasteiger partial charge is 0.179 e. The van der Waals surface area contributed by atoms with E-state index in [4.69, 9.17) is 0 Å². The highest BCUT2D eigenvalue weighted by Crippen LogP contribution is 2.29. The monoisotopic (exact) mass is 253 g/mol. The highest BCUT2D eigenvalue weighted by atomic mass is 16.1. The molecule has 2 aromatic rings. The first kappa shape index (κ1) is 13.5. The van der Waals surface area contributed by atoms with Crippen LogP contribution in [0.5, 0.6) is 0 Å². The number of carbonyl (C=O) groups is 1. The summed E-state index contributed by atoms with van der Waals surface area (Å²) in [5, 5.41) is 2.28. The van der Waals surface area contributed by atoms with Gasteiger partial charge in [0.2, 0.25) is 0 Å². The summed E-state index contributed by atoms with van der Waals surface area (Å²) in [5.41, 5.74) is 1.63. The third-order valence-electron chi connectivity index (χ3n) is 3.30. The minimum absolute atomic E-state index is 0.0707. The van der Waals surface area contributed by atoms with Crippen LogP contribution in [0, 0.1) is 0 Å². The molecule has 0 aromatic heterocycles. The van der Waals surface area contributed by atoms with Crippen LogP contribution in [-0.2, 0) is 4.79 Å². The molecule has 1 unspecified atom stereocenters. The van der Waals surface area contributed by atoms with Crippen molar-refractivity contribution in [3.05, 3.63) is 60.2 Å². The maximum absolute atomic E-state index is 12.4. The van der Waals surface area contributed by atoms with Gasteiger partial charge in [-0.3, -0.25) is 9.69 Å². The van der Waals surface area contributed by atoms with Gasteiger partial charge >= 0.3 is 0 Å². The molecule has 0 aliphatic carbocycles. The highest BCUT2D eigenvalue weighted by molar-refractivity contribution is 6.01. The topological polar surface area (TPSA) is 20.3 Å². The summed E-state index contributed by atoms with van der Waals surface area (Å²) in [6, 6.07) is 14.0. The van der Waals surface area contributed by atoms with Crippen molar-refractivity contribution >= 4 is 16.6 Å². The lowest BCUT2D eigenvalue weighted by Gasteiger charge is -2.25. The molecule has 0 spiro atoms. The van der Waals surface area contributed by atoms with Gasteiger partial charge in [-0.25, -0.2) is 0 Å². The summed E-state index contributed by atoms with van der Waals surface area (Å²) < 4.78 is 0. The van der Waals surface area contributed by atoms with E-state index in [1.165, 1.54) is 0 Å². The van der Waals surface area contributed by atoms with Gasteiger partial charge in [0.15, 0.2) is 5.78 Å². The van der Waals surface area contributed by atoms with Gasteiger partial charge in [-0.15, -0.1) is 0 Å². The largest absolute Gasteiger partial charge is 0.296 e. The summed E-state index contributed by atoms with van der Waals surface area (Å²) in [4.78, 5) is 14.3. The zero-order chi connectivity index (χ0) is 14.0. The van der Waals surface area contributed by atoms with Gasteiger partial charge in [0.05, 0.1) is 6.04 Å². The Balaban J connectivity index is 2.63. The number of benzene rings is 2. The maximum atomic E-state index is 12.4. The van der Waals surface area contributed by atoms with E-state index in [0.717, 1.165) is 16.3 Å². The molecule has 2 rings (SSSR count). The van der Waals surface area contributed by atoms with Crippen LogP contribution in [-0.4, -0.2) is 24.8 Å². The number of carbonyl (C=O) groups excluding carboxylic acids is 1. The van der Waals surface area contributed by atoms with E-state index in [2.05, 4.69) is 24.8 Å². The second-order valence-corrected chi connectivity index (χ2v) is 5.08. The van der Waals surface area contributed by atoms with E-state index in [1.807, 2.05) is 43.3 Å². The number of nitrogens with zero attached hydrogens (tertiary/aromatic N) is 1. The zero-order valence-electron chi connectivity index (χ0n) is 11.7. The molecular formula is C17H19NO.